The van der Waals surface area contributed by atoms with E-state index in [-0.39, 0.29) is 17.5 Å². The molecule has 0 unspecified atom stereocenters. The van der Waals surface area contributed by atoms with E-state index < -0.39 is 0 Å². The molecule has 0 aliphatic carbocycles. The summed E-state index contributed by atoms with van der Waals surface area (Å²) >= 11 is 6.02. The van der Waals surface area contributed by atoms with Crippen LogP contribution in [-0.2, 0) is 14.3 Å². The van der Waals surface area contributed by atoms with Gasteiger partial charge in [-0.1, -0.05) is 41.9 Å². The number of imide groups is 1. The van der Waals surface area contributed by atoms with Crippen LogP contribution in [-0.4, -0.2) is 37.0 Å². The second-order valence-corrected chi connectivity index (χ2v) is 6.75. The second kappa shape index (κ2) is 8.37. The molecule has 5 nitrogen and oxygen atoms in total. The van der Waals surface area contributed by atoms with Crippen molar-refractivity contribution in [1.82, 2.24) is 4.90 Å². The first kappa shape index (κ1) is 19.1. The summed E-state index contributed by atoms with van der Waals surface area (Å²) in [6, 6.07) is 14.6. The van der Waals surface area contributed by atoms with Crippen LogP contribution in [0, 0.1) is 6.92 Å². The monoisotopic (exact) mass is 384 g/mol. The quantitative estimate of drug-likeness (QED) is 0.581. The molecule has 0 aromatic heterocycles. The van der Waals surface area contributed by atoms with Gasteiger partial charge >= 0.3 is 0 Å². The van der Waals surface area contributed by atoms with Gasteiger partial charge in [0, 0.05) is 31.0 Å². The summed E-state index contributed by atoms with van der Waals surface area (Å²) in [6.07, 6.45) is 0.587. The minimum absolute atomic E-state index is 0.286. The fraction of sp³-hybridized carbons (Fsp3) is 0.238. The van der Waals surface area contributed by atoms with Gasteiger partial charge in [0.25, 0.3) is 11.8 Å². The first-order valence-corrected chi connectivity index (χ1v) is 9.08. The molecule has 0 atom stereocenters. The van der Waals surface area contributed by atoms with Crippen molar-refractivity contribution in [2.75, 3.05) is 25.6 Å². The molecule has 0 saturated carbocycles. The summed E-state index contributed by atoms with van der Waals surface area (Å²) in [5.41, 5.74) is 3.00. The largest absolute Gasteiger partial charge is 0.385 e. The highest BCUT2D eigenvalue weighted by Crippen LogP contribution is 2.31. The average Bonchev–Trinajstić information content (AvgIpc) is 2.89. The molecular weight excluding hydrogens is 364 g/mol. The topological polar surface area (TPSA) is 58.6 Å². The number of benzene rings is 2. The SMILES string of the molecule is COCCCN1C(=O)C(Nc2ccc(Cl)cc2C)=C(c2ccccc2)C1=O. The number of anilines is 1. The average molecular weight is 385 g/mol. The first-order valence-electron chi connectivity index (χ1n) is 8.71. The number of nitrogens with one attached hydrogen (secondary N) is 1. The predicted molar refractivity (Wildman–Crippen MR) is 106 cm³/mol. The Balaban J connectivity index is 1.99. The Morgan fingerprint density at radius 3 is 2.48 bits per heavy atom. The number of hydrogen-bond donors (Lipinski definition) is 1. The Morgan fingerprint density at radius 1 is 1.07 bits per heavy atom. The van der Waals surface area contributed by atoms with Crippen LogP contribution in [0.2, 0.25) is 5.02 Å². The molecule has 0 saturated heterocycles. The van der Waals surface area contributed by atoms with E-state index in [1.807, 2.05) is 43.3 Å². The molecule has 1 aliphatic heterocycles. The van der Waals surface area contributed by atoms with Crippen molar-refractivity contribution in [2.45, 2.75) is 13.3 Å². The smallest absolute Gasteiger partial charge is 0.278 e. The molecule has 0 fully saturated rings. The van der Waals surface area contributed by atoms with E-state index in [1.54, 1.807) is 19.2 Å². The molecule has 3 rings (SSSR count). The van der Waals surface area contributed by atoms with Gasteiger partial charge in [0.2, 0.25) is 0 Å². The van der Waals surface area contributed by atoms with E-state index in [0.29, 0.717) is 35.7 Å². The molecule has 2 aromatic carbocycles. The molecule has 6 heteroatoms. The Bertz CT molecular complexity index is 894. The Hall–Kier alpha value is -2.63. The molecule has 0 spiro atoms. The van der Waals surface area contributed by atoms with Gasteiger partial charge in [0.1, 0.15) is 5.70 Å². The summed E-state index contributed by atoms with van der Waals surface area (Å²) < 4.78 is 5.04. The number of hydrogen-bond acceptors (Lipinski definition) is 4. The maximum atomic E-state index is 13.0. The van der Waals surface area contributed by atoms with Gasteiger partial charge in [0.15, 0.2) is 0 Å². The number of methoxy groups -OCH3 is 1. The van der Waals surface area contributed by atoms with Gasteiger partial charge in [-0.2, -0.15) is 0 Å². The van der Waals surface area contributed by atoms with Crippen molar-refractivity contribution in [3.8, 4) is 0 Å². The van der Waals surface area contributed by atoms with E-state index in [0.717, 1.165) is 11.3 Å². The van der Waals surface area contributed by atoms with Gasteiger partial charge in [-0.3, -0.25) is 14.5 Å². The lowest BCUT2D eigenvalue weighted by Crippen LogP contribution is -2.33. The summed E-state index contributed by atoms with van der Waals surface area (Å²) in [5.74, 6) is -0.624. The van der Waals surface area contributed by atoms with E-state index >= 15 is 0 Å². The van der Waals surface area contributed by atoms with E-state index in [2.05, 4.69) is 5.32 Å². The standard InChI is InChI=1S/C21H21ClN2O3/c1-14-13-16(22)9-10-17(14)23-19-18(15-7-4-3-5-8-15)20(25)24(21(19)26)11-6-12-27-2/h3-5,7-10,13,23H,6,11-12H2,1-2H3. The number of carbonyl (C=O) groups excluding carboxylic acids is 2. The number of carbonyl (C=O) groups is 2. The third-order valence-corrected chi connectivity index (χ3v) is 4.64. The molecule has 0 bridgehead atoms. The molecular formula is C21H21ClN2O3. The fourth-order valence-electron chi connectivity index (χ4n) is 3.04. The van der Waals surface area contributed by atoms with Gasteiger partial charge < -0.3 is 10.1 Å². The highest BCUT2D eigenvalue weighted by Gasteiger charge is 2.38. The molecule has 1 heterocycles. The van der Waals surface area contributed by atoms with Crippen LogP contribution in [0.4, 0.5) is 5.69 Å². The fourth-order valence-corrected chi connectivity index (χ4v) is 3.26. The number of ether oxygens (including phenoxy) is 1. The van der Waals surface area contributed by atoms with Crippen molar-refractivity contribution in [3.63, 3.8) is 0 Å². The zero-order chi connectivity index (χ0) is 19.4. The van der Waals surface area contributed by atoms with Crippen LogP contribution in [0.3, 0.4) is 0 Å². The highest BCUT2D eigenvalue weighted by molar-refractivity contribution is 6.36. The predicted octanol–water partition coefficient (Wildman–Crippen LogP) is 3.88. The molecule has 2 amide bonds. The van der Waals surface area contributed by atoms with Crippen molar-refractivity contribution in [2.24, 2.45) is 0 Å². The highest BCUT2D eigenvalue weighted by atomic mass is 35.5. The number of halogens is 1. The van der Waals surface area contributed by atoms with Crippen molar-refractivity contribution in [1.29, 1.82) is 0 Å². The van der Waals surface area contributed by atoms with Crippen LogP contribution in [0.1, 0.15) is 17.5 Å². The lowest BCUT2D eigenvalue weighted by Gasteiger charge is -2.15. The summed E-state index contributed by atoms with van der Waals surface area (Å²) in [6.45, 7) is 2.69. The van der Waals surface area contributed by atoms with Crippen molar-refractivity contribution >= 4 is 34.7 Å². The van der Waals surface area contributed by atoms with E-state index in [9.17, 15) is 9.59 Å². The number of nitrogens with zero attached hydrogens (tertiary/aromatic N) is 1. The molecule has 0 radical (unpaired) electrons. The summed E-state index contributed by atoms with van der Waals surface area (Å²) in [4.78, 5) is 27.3. The number of rotatable bonds is 7. The third kappa shape index (κ3) is 4.04. The maximum absolute atomic E-state index is 13.0. The molecule has 140 valence electrons. The van der Waals surface area contributed by atoms with Gasteiger partial charge in [-0.15, -0.1) is 0 Å². The molecule has 27 heavy (non-hydrogen) atoms. The Kier molecular flexibility index (Phi) is 5.94. The van der Waals surface area contributed by atoms with Crippen LogP contribution >= 0.6 is 11.6 Å². The Morgan fingerprint density at radius 2 is 1.81 bits per heavy atom. The number of amides is 2. The molecule has 1 aliphatic rings. The molecule has 2 aromatic rings. The van der Waals surface area contributed by atoms with Gasteiger partial charge in [0.05, 0.1) is 5.57 Å². The van der Waals surface area contributed by atoms with Crippen molar-refractivity contribution < 1.29 is 14.3 Å². The first-order chi connectivity index (χ1) is 13.0. The molecule has 1 N–H and O–H groups in total. The van der Waals surface area contributed by atoms with Gasteiger partial charge in [-0.25, -0.2) is 0 Å². The van der Waals surface area contributed by atoms with Crippen LogP contribution in [0.15, 0.2) is 54.2 Å². The minimum Gasteiger partial charge on any atom is -0.385 e. The zero-order valence-electron chi connectivity index (χ0n) is 15.3. The second-order valence-electron chi connectivity index (χ2n) is 6.31. The Labute approximate surface area is 163 Å². The number of aryl methyl sites for hydroxylation is 1. The lowest BCUT2D eigenvalue weighted by molar-refractivity contribution is -0.136. The van der Waals surface area contributed by atoms with Crippen LogP contribution in [0.5, 0.6) is 0 Å². The lowest BCUT2D eigenvalue weighted by atomic mass is 10.0. The zero-order valence-corrected chi connectivity index (χ0v) is 16.0. The van der Waals surface area contributed by atoms with Gasteiger partial charge in [-0.05, 0) is 42.7 Å². The van der Waals surface area contributed by atoms with Crippen LogP contribution in [0.25, 0.3) is 5.57 Å². The minimum atomic E-state index is -0.329. The van der Waals surface area contributed by atoms with E-state index in [4.69, 9.17) is 16.3 Å². The van der Waals surface area contributed by atoms with Crippen molar-refractivity contribution in [3.05, 3.63) is 70.4 Å². The maximum Gasteiger partial charge on any atom is 0.278 e. The normalized spacial score (nSPS) is 14.3. The van der Waals surface area contributed by atoms with E-state index in [1.165, 1.54) is 4.90 Å². The summed E-state index contributed by atoms with van der Waals surface area (Å²) in [5, 5.41) is 3.78. The summed E-state index contributed by atoms with van der Waals surface area (Å²) in [7, 11) is 1.59. The third-order valence-electron chi connectivity index (χ3n) is 4.41. The van der Waals surface area contributed by atoms with Crippen LogP contribution < -0.4 is 5.32 Å².